The summed E-state index contributed by atoms with van der Waals surface area (Å²) in [6.45, 7) is 6.24. The van der Waals surface area contributed by atoms with Gasteiger partial charge in [0.2, 0.25) is 5.91 Å². The van der Waals surface area contributed by atoms with Gasteiger partial charge >= 0.3 is 0 Å². The Kier molecular flexibility index (Phi) is 6.36. The maximum Gasteiger partial charge on any atom is 0.234 e. The zero-order valence-corrected chi connectivity index (χ0v) is 13.8. The third-order valence-corrected chi connectivity index (χ3v) is 4.54. The highest BCUT2D eigenvalue weighted by atomic mass is 32.2. The lowest BCUT2D eigenvalue weighted by molar-refractivity contribution is -0.121. The number of nitrogens with one attached hydrogen (secondary N) is 2. The minimum atomic E-state index is -3.19. The van der Waals surface area contributed by atoms with Crippen LogP contribution in [-0.2, 0) is 14.6 Å². The van der Waals surface area contributed by atoms with E-state index in [1.165, 1.54) is 6.26 Å². The first-order valence-electron chi connectivity index (χ1n) is 7.06. The van der Waals surface area contributed by atoms with Gasteiger partial charge in [-0.25, -0.2) is 8.42 Å². The van der Waals surface area contributed by atoms with Gasteiger partial charge in [0.05, 0.1) is 17.5 Å². The van der Waals surface area contributed by atoms with Gasteiger partial charge in [-0.2, -0.15) is 0 Å². The Hall–Kier alpha value is -1.40. The summed E-state index contributed by atoms with van der Waals surface area (Å²) < 4.78 is 22.8. The van der Waals surface area contributed by atoms with Crippen molar-refractivity contribution in [2.24, 2.45) is 0 Å². The van der Waals surface area contributed by atoms with Crippen LogP contribution in [0.5, 0.6) is 0 Å². The number of amides is 1. The molecule has 5 nitrogen and oxygen atoms in total. The van der Waals surface area contributed by atoms with Crippen molar-refractivity contribution in [3.05, 3.63) is 29.8 Å². The standard InChI is InChI=1S/C15H24N2O3S/c1-5-11(2)16-10-15(18)17-12(3)13-6-8-14(9-7-13)21(4,19)20/h6-9,11-12,16H,5,10H2,1-4H3,(H,17,18). The van der Waals surface area contributed by atoms with Crippen molar-refractivity contribution < 1.29 is 13.2 Å². The molecule has 0 fully saturated rings. The van der Waals surface area contributed by atoms with E-state index in [9.17, 15) is 13.2 Å². The number of sulfone groups is 1. The molecule has 118 valence electrons. The number of benzene rings is 1. The third kappa shape index (κ3) is 5.85. The average molecular weight is 312 g/mol. The van der Waals surface area contributed by atoms with Crippen LogP contribution in [0.25, 0.3) is 0 Å². The van der Waals surface area contributed by atoms with E-state index >= 15 is 0 Å². The van der Waals surface area contributed by atoms with Crippen LogP contribution >= 0.6 is 0 Å². The fourth-order valence-electron chi connectivity index (χ4n) is 1.79. The first kappa shape index (κ1) is 17.7. The van der Waals surface area contributed by atoms with E-state index in [2.05, 4.69) is 17.6 Å². The summed E-state index contributed by atoms with van der Waals surface area (Å²) in [7, 11) is -3.19. The Bertz CT molecular complexity index is 567. The molecule has 0 aliphatic rings. The Morgan fingerprint density at radius 2 is 1.76 bits per heavy atom. The molecule has 2 N–H and O–H groups in total. The van der Waals surface area contributed by atoms with Gasteiger partial charge in [-0.15, -0.1) is 0 Å². The van der Waals surface area contributed by atoms with Crippen molar-refractivity contribution in [3.8, 4) is 0 Å². The highest BCUT2D eigenvalue weighted by Crippen LogP contribution is 2.16. The normalized spacial score (nSPS) is 14.5. The summed E-state index contributed by atoms with van der Waals surface area (Å²) in [5.74, 6) is -0.0741. The lowest BCUT2D eigenvalue weighted by Gasteiger charge is -2.16. The number of hydrogen-bond donors (Lipinski definition) is 2. The number of rotatable bonds is 7. The van der Waals surface area contributed by atoms with Crippen LogP contribution in [0.15, 0.2) is 29.2 Å². The zero-order valence-electron chi connectivity index (χ0n) is 13.0. The van der Waals surface area contributed by atoms with Crippen molar-refractivity contribution in [3.63, 3.8) is 0 Å². The van der Waals surface area contributed by atoms with Crippen LogP contribution in [-0.4, -0.2) is 33.2 Å². The van der Waals surface area contributed by atoms with Gasteiger partial charge in [-0.05, 0) is 38.0 Å². The molecule has 0 saturated heterocycles. The van der Waals surface area contributed by atoms with Gasteiger partial charge in [0.1, 0.15) is 0 Å². The average Bonchev–Trinajstić information content (AvgIpc) is 2.43. The fraction of sp³-hybridized carbons (Fsp3) is 0.533. The molecule has 21 heavy (non-hydrogen) atoms. The second-order valence-electron chi connectivity index (χ2n) is 5.32. The Labute approximate surface area is 127 Å². The van der Waals surface area contributed by atoms with Crippen molar-refractivity contribution in [1.82, 2.24) is 10.6 Å². The minimum absolute atomic E-state index is 0.0741. The molecule has 6 heteroatoms. The van der Waals surface area contributed by atoms with E-state index in [1.54, 1.807) is 24.3 Å². The monoisotopic (exact) mass is 312 g/mol. The smallest absolute Gasteiger partial charge is 0.234 e. The number of carbonyl (C=O) groups excluding carboxylic acids is 1. The van der Waals surface area contributed by atoms with Crippen LogP contribution in [0.4, 0.5) is 0 Å². The van der Waals surface area contributed by atoms with E-state index < -0.39 is 9.84 Å². The molecule has 0 aromatic heterocycles. The molecule has 1 aromatic carbocycles. The summed E-state index contributed by atoms with van der Waals surface area (Å²) in [4.78, 5) is 12.1. The molecule has 1 rings (SSSR count). The van der Waals surface area contributed by atoms with Gasteiger partial charge in [0.25, 0.3) is 0 Å². The molecule has 2 atom stereocenters. The second kappa shape index (κ2) is 7.56. The molecule has 1 amide bonds. The summed E-state index contributed by atoms with van der Waals surface area (Å²) in [6, 6.07) is 6.72. The molecule has 0 heterocycles. The molecule has 1 aromatic rings. The quantitative estimate of drug-likeness (QED) is 0.803. The summed E-state index contributed by atoms with van der Waals surface area (Å²) >= 11 is 0. The van der Waals surface area contributed by atoms with Crippen molar-refractivity contribution >= 4 is 15.7 Å². The SMILES string of the molecule is CCC(C)NCC(=O)NC(C)c1ccc(S(C)(=O)=O)cc1. The Morgan fingerprint density at radius 3 is 2.24 bits per heavy atom. The molecule has 2 unspecified atom stereocenters. The zero-order chi connectivity index (χ0) is 16.0. The lowest BCUT2D eigenvalue weighted by atomic mass is 10.1. The van der Waals surface area contributed by atoms with E-state index in [0.29, 0.717) is 6.04 Å². The molecule has 0 spiro atoms. The predicted molar refractivity (Wildman–Crippen MR) is 83.9 cm³/mol. The van der Waals surface area contributed by atoms with E-state index in [4.69, 9.17) is 0 Å². The van der Waals surface area contributed by atoms with Gasteiger partial charge in [-0.1, -0.05) is 19.1 Å². The Balaban J connectivity index is 2.59. The first-order chi connectivity index (χ1) is 9.74. The van der Waals surface area contributed by atoms with Crippen LogP contribution < -0.4 is 10.6 Å². The molecule has 0 aliphatic heterocycles. The second-order valence-corrected chi connectivity index (χ2v) is 7.34. The molecule has 0 bridgehead atoms. The topological polar surface area (TPSA) is 75.3 Å². The van der Waals surface area contributed by atoms with Crippen LogP contribution in [0.1, 0.15) is 38.8 Å². The molecule has 0 radical (unpaired) electrons. The third-order valence-electron chi connectivity index (χ3n) is 3.41. The highest BCUT2D eigenvalue weighted by Gasteiger charge is 2.12. The van der Waals surface area contributed by atoms with Gasteiger partial charge in [0, 0.05) is 12.3 Å². The lowest BCUT2D eigenvalue weighted by Crippen LogP contribution is -2.38. The highest BCUT2D eigenvalue weighted by molar-refractivity contribution is 7.90. The fourth-order valence-corrected chi connectivity index (χ4v) is 2.42. The van der Waals surface area contributed by atoms with E-state index in [0.717, 1.165) is 12.0 Å². The summed E-state index contributed by atoms with van der Waals surface area (Å²) in [5.41, 5.74) is 0.874. The van der Waals surface area contributed by atoms with Crippen molar-refractivity contribution in [2.75, 3.05) is 12.8 Å². The van der Waals surface area contributed by atoms with Crippen LogP contribution in [0, 0.1) is 0 Å². The molecule has 0 saturated carbocycles. The van der Waals surface area contributed by atoms with Gasteiger partial charge in [-0.3, -0.25) is 4.79 Å². The molecular formula is C15H24N2O3S. The van der Waals surface area contributed by atoms with Crippen LogP contribution in [0.2, 0.25) is 0 Å². The summed E-state index contributed by atoms with van der Waals surface area (Å²) in [6.07, 6.45) is 2.14. The Morgan fingerprint density at radius 1 is 1.19 bits per heavy atom. The maximum absolute atomic E-state index is 11.8. The maximum atomic E-state index is 11.8. The van der Waals surface area contributed by atoms with Crippen molar-refractivity contribution in [1.29, 1.82) is 0 Å². The minimum Gasteiger partial charge on any atom is -0.348 e. The van der Waals surface area contributed by atoms with E-state index in [1.807, 2.05) is 13.8 Å². The predicted octanol–water partition coefficient (Wildman–Crippen LogP) is 1.66. The summed E-state index contributed by atoms with van der Waals surface area (Å²) in [5, 5.41) is 6.01. The van der Waals surface area contributed by atoms with Crippen LogP contribution in [0.3, 0.4) is 0 Å². The molecular weight excluding hydrogens is 288 g/mol. The number of hydrogen-bond acceptors (Lipinski definition) is 4. The van der Waals surface area contributed by atoms with Gasteiger partial charge in [0.15, 0.2) is 9.84 Å². The van der Waals surface area contributed by atoms with Gasteiger partial charge < -0.3 is 10.6 Å². The largest absolute Gasteiger partial charge is 0.348 e. The molecule has 0 aliphatic carbocycles. The first-order valence-corrected chi connectivity index (χ1v) is 8.96. The number of carbonyl (C=O) groups is 1. The van der Waals surface area contributed by atoms with Crippen molar-refractivity contribution in [2.45, 2.75) is 44.2 Å². The van der Waals surface area contributed by atoms with E-state index in [-0.39, 0.29) is 23.4 Å².